The van der Waals surface area contributed by atoms with Gasteiger partial charge in [0.1, 0.15) is 5.69 Å². The van der Waals surface area contributed by atoms with Gasteiger partial charge in [0.25, 0.3) is 0 Å². The summed E-state index contributed by atoms with van der Waals surface area (Å²) in [6.07, 6.45) is 2.67. The zero-order valence-corrected chi connectivity index (χ0v) is 13.3. The second-order valence-electron chi connectivity index (χ2n) is 5.99. The van der Waals surface area contributed by atoms with E-state index in [1.165, 1.54) is 0 Å². The zero-order valence-electron chi connectivity index (χ0n) is 12.6. The largest absolute Gasteiger partial charge is 0.390 e. The number of aliphatic hydroxyl groups excluding tert-OH is 1. The van der Waals surface area contributed by atoms with Crippen molar-refractivity contribution in [1.82, 2.24) is 25.0 Å². The Hall–Kier alpha value is -1.80. The van der Waals surface area contributed by atoms with E-state index in [0.717, 1.165) is 6.20 Å². The molecule has 7 nitrogen and oxygen atoms in total. The fourth-order valence-corrected chi connectivity index (χ4v) is 1.97. The second-order valence-corrected chi connectivity index (χ2v) is 6.33. The lowest BCUT2D eigenvalue weighted by Gasteiger charge is -2.31. The first-order valence-electron chi connectivity index (χ1n) is 6.74. The van der Waals surface area contributed by atoms with E-state index in [4.69, 9.17) is 16.7 Å². The third-order valence-corrected chi connectivity index (χ3v) is 3.37. The third-order valence-electron chi connectivity index (χ3n) is 3.19. The zero-order chi connectivity index (χ0) is 16.3. The van der Waals surface area contributed by atoms with Gasteiger partial charge in [-0.05, 0) is 17.0 Å². The van der Waals surface area contributed by atoms with Gasteiger partial charge in [-0.1, -0.05) is 26.0 Å². The molecule has 0 fully saturated rings. The van der Waals surface area contributed by atoms with Crippen LogP contribution in [-0.4, -0.2) is 36.1 Å². The Labute approximate surface area is 132 Å². The number of anilines is 1. The van der Waals surface area contributed by atoms with Crippen LogP contribution >= 0.6 is 11.6 Å². The van der Waals surface area contributed by atoms with Gasteiger partial charge in [-0.25, -0.2) is 9.37 Å². The van der Waals surface area contributed by atoms with Crippen molar-refractivity contribution in [1.29, 1.82) is 0 Å². The number of aromatic nitrogens is 5. The molecule has 2 N–H and O–H groups in total. The molecule has 2 heterocycles. The Morgan fingerprint density at radius 3 is 2.77 bits per heavy atom. The monoisotopic (exact) mass is 328 g/mol. The summed E-state index contributed by atoms with van der Waals surface area (Å²) < 4.78 is 15.4. The van der Waals surface area contributed by atoms with Crippen molar-refractivity contribution in [2.75, 3.05) is 5.32 Å². The lowest BCUT2D eigenvalue weighted by molar-refractivity contribution is 0.276. The molecule has 0 amide bonds. The molecule has 9 heteroatoms. The highest BCUT2D eigenvalue weighted by Crippen LogP contribution is 2.25. The standard InChI is InChI=1S/C13H18ClFN6O/c1-13(2,3)10(6-21-5-8(7-22)19-20-21)17-11-9(15)4-16-12(14)18-11/h4-5,10,22H,6-7H2,1-3H3,(H,16,17,18). The van der Waals surface area contributed by atoms with E-state index in [1.54, 1.807) is 10.9 Å². The minimum Gasteiger partial charge on any atom is -0.390 e. The summed E-state index contributed by atoms with van der Waals surface area (Å²) in [4.78, 5) is 7.46. The van der Waals surface area contributed by atoms with E-state index < -0.39 is 5.82 Å². The molecule has 0 radical (unpaired) electrons. The number of hydrogen-bond acceptors (Lipinski definition) is 6. The molecular formula is C13H18ClFN6O. The van der Waals surface area contributed by atoms with Crippen LogP contribution in [0.2, 0.25) is 5.28 Å². The molecule has 0 saturated carbocycles. The first kappa shape index (κ1) is 16.6. The molecule has 0 aliphatic rings. The van der Waals surface area contributed by atoms with Crippen molar-refractivity contribution in [3.05, 3.63) is 29.2 Å². The maximum atomic E-state index is 13.8. The van der Waals surface area contributed by atoms with Gasteiger partial charge >= 0.3 is 0 Å². The average molecular weight is 329 g/mol. The van der Waals surface area contributed by atoms with Crippen LogP contribution in [0.5, 0.6) is 0 Å². The number of nitrogens with zero attached hydrogens (tertiary/aromatic N) is 5. The number of aliphatic hydroxyl groups is 1. The minimum absolute atomic E-state index is 0.0279. The van der Waals surface area contributed by atoms with Crippen molar-refractivity contribution >= 4 is 17.4 Å². The van der Waals surface area contributed by atoms with Crippen molar-refractivity contribution in [3.8, 4) is 0 Å². The van der Waals surface area contributed by atoms with Crippen LogP contribution in [0.1, 0.15) is 26.5 Å². The highest BCUT2D eigenvalue weighted by atomic mass is 35.5. The Kier molecular flexibility index (Phi) is 4.92. The molecule has 1 unspecified atom stereocenters. The predicted molar refractivity (Wildman–Crippen MR) is 79.8 cm³/mol. The number of hydrogen-bond donors (Lipinski definition) is 2. The Balaban J connectivity index is 2.21. The van der Waals surface area contributed by atoms with Crippen LogP contribution in [0, 0.1) is 11.2 Å². The van der Waals surface area contributed by atoms with Gasteiger partial charge in [-0.2, -0.15) is 4.98 Å². The van der Waals surface area contributed by atoms with Gasteiger partial charge < -0.3 is 10.4 Å². The van der Waals surface area contributed by atoms with E-state index >= 15 is 0 Å². The summed E-state index contributed by atoms with van der Waals surface area (Å²) in [6, 6.07) is -0.193. The fourth-order valence-electron chi connectivity index (χ4n) is 1.84. The normalized spacial score (nSPS) is 13.2. The second kappa shape index (κ2) is 6.53. The SMILES string of the molecule is CC(C)(C)C(Cn1cc(CO)nn1)Nc1nc(Cl)ncc1F. The van der Waals surface area contributed by atoms with Gasteiger partial charge in [-0.15, -0.1) is 5.10 Å². The van der Waals surface area contributed by atoms with Crippen LogP contribution < -0.4 is 5.32 Å². The maximum Gasteiger partial charge on any atom is 0.224 e. The predicted octanol–water partition coefficient (Wildman–Crippen LogP) is 1.88. The lowest BCUT2D eigenvalue weighted by Crippen LogP contribution is -2.38. The lowest BCUT2D eigenvalue weighted by atomic mass is 9.86. The molecule has 22 heavy (non-hydrogen) atoms. The number of rotatable bonds is 5. The molecule has 2 rings (SSSR count). The molecule has 2 aromatic rings. The summed E-state index contributed by atoms with van der Waals surface area (Å²) in [5.41, 5.74) is 0.263. The Bertz CT molecular complexity index is 642. The van der Waals surface area contributed by atoms with E-state index in [-0.39, 0.29) is 29.2 Å². The first-order valence-corrected chi connectivity index (χ1v) is 7.12. The summed E-state index contributed by atoms with van der Waals surface area (Å²) in [7, 11) is 0. The van der Waals surface area contributed by atoms with E-state index in [0.29, 0.717) is 12.2 Å². The topological polar surface area (TPSA) is 88.8 Å². The van der Waals surface area contributed by atoms with E-state index in [1.807, 2.05) is 20.8 Å². The van der Waals surface area contributed by atoms with E-state index in [2.05, 4.69) is 25.6 Å². The summed E-state index contributed by atoms with van der Waals surface area (Å²) in [6.45, 7) is 6.28. The molecule has 1 atom stereocenters. The summed E-state index contributed by atoms with van der Waals surface area (Å²) in [5, 5.41) is 19.8. The van der Waals surface area contributed by atoms with Gasteiger partial charge in [0.2, 0.25) is 5.28 Å². The van der Waals surface area contributed by atoms with Gasteiger partial charge in [0.15, 0.2) is 11.6 Å². The van der Waals surface area contributed by atoms with Crippen molar-refractivity contribution in [2.45, 2.75) is 40.0 Å². The van der Waals surface area contributed by atoms with Gasteiger partial charge in [0, 0.05) is 0 Å². The van der Waals surface area contributed by atoms with E-state index in [9.17, 15) is 4.39 Å². The minimum atomic E-state index is -0.576. The van der Waals surface area contributed by atoms with Crippen molar-refractivity contribution < 1.29 is 9.50 Å². The van der Waals surface area contributed by atoms with Gasteiger partial charge in [-0.3, -0.25) is 4.68 Å². The summed E-state index contributed by atoms with van der Waals surface area (Å²) in [5.74, 6) is -0.532. The maximum absolute atomic E-state index is 13.8. The molecule has 0 saturated heterocycles. The van der Waals surface area contributed by atoms with Crippen molar-refractivity contribution in [2.24, 2.45) is 5.41 Å². The Morgan fingerprint density at radius 1 is 1.45 bits per heavy atom. The van der Waals surface area contributed by atoms with Crippen LogP contribution in [0.25, 0.3) is 0 Å². The molecular weight excluding hydrogens is 311 g/mol. The van der Waals surface area contributed by atoms with Crippen LogP contribution in [0.4, 0.5) is 10.2 Å². The molecule has 0 bridgehead atoms. The van der Waals surface area contributed by atoms with Crippen LogP contribution in [-0.2, 0) is 13.2 Å². The molecule has 0 aliphatic carbocycles. The smallest absolute Gasteiger partial charge is 0.224 e. The quantitative estimate of drug-likeness (QED) is 0.815. The van der Waals surface area contributed by atoms with Crippen LogP contribution in [0.15, 0.2) is 12.4 Å². The molecule has 2 aromatic heterocycles. The van der Waals surface area contributed by atoms with Gasteiger partial charge in [0.05, 0.1) is 31.6 Å². The molecule has 0 spiro atoms. The number of nitrogens with one attached hydrogen (secondary N) is 1. The highest BCUT2D eigenvalue weighted by Gasteiger charge is 2.27. The number of halogens is 2. The molecule has 120 valence electrons. The third kappa shape index (κ3) is 4.11. The Morgan fingerprint density at radius 2 is 2.18 bits per heavy atom. The average Bonchev–Trinajstić information content (AvgIpc) is 2.89. The molecule has 0 aromatic carbocycles. The molecule has 0 aliphatic heterocycles. The van der Waals surface area contributed by atoms with Crippen LogP contribution in [0.3, 0.4) is 0 Å². The summed E-state index contributed by atoms with van der Waals surface area (Å²) >= 11 is 5.71. The fraction of sp³-hybridized carbons (Fsp3) is 0.538. The first-order chi connectivity index (χ1) is 10.3. The highest BCUT2D eigenvalue weighted by molar-refractivity contribution is 6.28. The van der Waals surface area contributed by atoms with Crippen molar-refractivity contribution in [3.63, 3.8) is 0 Å².